The molecule has 12 N–H and O–H groups in total. The number of anilines is 4. The predicted octanol–water partition coefficient (Wildman–Crippen LogP) is 11.2. The molecule has 4 aromatic heterocycles. The molecule has 0 spiro atoms. The molecule has 6 aromatic carbocycles. The van der Waals surface area contributed by atoms with Crippen LogP contribution in [0.15, 0.2) is 122 Å². The minimum atomic E-state index is -4.83. The summed E-state index contributed by atoms with van der Waals surface area (Å²) in [5, 5.41) is 51.0. The molecule has 2 aliphatic carbocycles. The number of hydrogen-bond acceptors (Lipinski definition) is 23. The largest absolute Gasteiger partial charge is 0.478 e. The van der Waals surface area contributed by atoms with Crippen molar-refractivity contribution in [2.45, 2.75) is 153 Å². The molecule has 129 heavy (non-hydrogen) atoms. The van der Waals surface area contributed by atoms with E-state index in [-0.39, 0.29) is 145 Å². The number of carbonyl (C=O) groups excluding carboxylic acids is 11. The van der Waals surface area contributed by atoms with Crippen molar-refractivity contribution in [2.75, 3.05) is 55.6 Å². The molecule has 4 aliphatic heterocycles. The van der Waals surface area contributed by atoms with Gasteiger partial charge in [-0.05, 0) is 180 Å². The molecule has 10 aromatic rings. The van der Waals surface area contributed by atoms with Gasteiger partial charge in [0.25, 0.3) is 41.4 Å². The van der Waals surface area contributed by atoms with Crippen LogP contribution in [-0.2, 0) is 44.6 Å². The van der Waals surface area contributed by atoms with Gasteiger partial charge in [0.15, 0.2) is 0 Å². The quantitative estimate of drug-likeness (QED) is 0.0129. The summed E-state index contributed by atoms with van der Waals surface area (Å²) in [5.74, 6) is -9.87. The molecule has 33 nitrogen and oxygen atoms in total. The number of halogens is 9. The molecule has 11 amide bonds. The Morgan fingerprint density at radius 1 is 0.543 bits per heavy atom. The van der Waals surface area contributed by atoms with Gasteiger partial charge < -0.3 is 48.1 Å². The van der Waals surface area contributed by atoms with Gasteiger partial charge in [-0.25, -0.2) is 13.6 Å². The summed E-state index contributed by atoms with van der Waals surface area (Å²) in [4.78, 5) is 160. The number of nitrogens with two attached hydrogens (primary N) is 1. The minimum absolute atomic E-state index is 0.00207. The number of aryl methyl sites for hydroxylation is 2. The first-order chi connectivity index (χ1) is 62.0. The highest BCUT2D eigenvalue weighted by Crippen LogP contribution is 2.45. The first-order valence-electron chi connectivity index (χ1n) is 41.5. The molecule has 16 rings (SSSR count). The van der Waals surface area contributed by atoms with Gasteiger partial charge >= 0.3 is 18.3 Å². The van der Waals surface area contributed by atoms with Crippen LogP contribution in [0.3, 0.4) is 0 Å². The highest BCUT2D eigenvalue weighted by molar-refractivity contribution is 6.27. The Labute approximate surface area is 729 Å². The summed E-state index contributed by atoms with van der Waals surface area (Å²) in [6, 6.07) is 17.0. The molecule has 8 heterocycles. The third-order valence-corrected chi connectivity index (χ3v) is 22.1. The van der Waals surface area contributed by atoms with E-state index in [0.717, 1.165) is 90.8 Å². The first kappa shape index (κ1) is 90.6. The average Bonchev–Trinajstić information content (AvgIpc) is 1.46. The number of benzene rings is 6. The zero-order chi connectivity index (χ0) is 93.5. The maximum atomic E-state index is 15.5. The fraction of sp³-hybridized carbons (Fsp3) is 0.333. The lowest BCUT2D eigenvalue weighted by atomic mass is 9.94. The fourth-order valence-electron chi connectivity index (χ4n) is 15.3. The zero-order valence-electron chi connectivity index (χ0n) is 70.3. The molecule has 0 bridgehead atoms. The van der Waals surface area contributed by atoms with Crippen molar-refractivity contribution in [2.24, 2.45) is 5.73 Å². The molecule has 4 atom stereocenters. The maximum absolute atomic E-state index is 15.5. The van der Waals surface area contributed by atoms with Gasteiger partial charge in [-0.15, -0.1) is 10.2 Å². The number of nitrogens with zero attached hydrogens (tertiary/aromatic N) is 10. The van der Waals surface area contributed by atoms with Gasteiger partial charge in [-0.3, -0.25) is 96.9 Å². The predicted molar refractivity (Wildman–Crippen MR) is 449 cm³/mol. The Hall–Kier alpha value is -14.6. The third kappa shape index (κ3) is 20.1. The number of hydrogen-bond donors (Lipinski definition) is 11. The number of aromatic nitrogens is 8. The average molecular weight is 1790 g/mol. The highest BCUT2D eigenvalue weighted by atomic mass is 19.4. The van der Waals surface area contributed by atoms with Crippen LogP contribution in [-0.4, -0.2) is 184 Å². The molecule has 674 valence electrons. The van der Waals surface area contributed by atoms with Crippen LogP contribution < -0.4 is 53.6 Å². The molecule has 6 aliphatic rings. The number of alkyl halides is 7. The van der Waals surface area contributed by atoms with Crippen molar-refractivity contribution in [3.05, 3.63) is 201 Å². The number of amides is 11. The van der Waals surface area contributed by atoms with Gasteiger partial charge in [-0.2, -0.15) is 26.3 Å². The van der Waals surface area contributed by atoms with Crippen LogP contribution in [0.4, 0.5) is 62.3 Å². The number of nitrogens with one attached hydrogen (secondary N) is 9. The number of carbonyl (C=O) groups is 12. The number of carboxylic acids is 1. The molecule has 2 saturated carbocycles. The van der Waals surface area contributed by atoms with Crippen molar-refractivity contribution in [1.82, 2.24) is 76.3 Å². The minimum Gasteiger partial charge on any atom is -0.478 e. The summed E-state index contributed by atoms with van der Waals surface area (Å²) in [6.07, 6.45) is 2.75. The molecule has 42 heteroatoms. The van der Waals surface area contributed by atoms with Crippen LogP contribution in [0, 0.1) is 11.6 Å². The van der Waals surface area contributed by atoms with Gasteiger partial charge in [0.2, 0.25) is 23.6 Å². The summed E-state index contributed by atoms with van der Waals surface area (Å²) >= 11 is 0. The summed E-state index contributed by atoms with van der Waals surface area (Å²) in [6.45, 7) is 5.56. The van der Waals surface area contributed by atoms with Crippen molar-refractivity contribution >= 4 is 116 Å². The normalized spacial score (nSPS) is 16.5. The van der Waals surface area contributed by atoms with Crippen molar-refractivity contribution in [1.29, 1.82) is 0 Å². The zero-order valence-corrected chi connectivity index (χ0v) is 69.3. The number of carboxylic acid groups (broad SMARTS) is 1. The van der Waals surface area contributed by atoms with E-state index in [4.69, 9.17) is 12.2 Å². The standard InChI is InChI=1S/C43H40F4N10O6.C22H17F4N3O3.C21H25N7O4.CH3F/c1-21(51-31-7-5-6-25-36(31)42(63)57(41(25)62)34-12-13-35(58)53-40(34)61)33-20-56(55-54-33)15-4-3-14-49-38(59)24-11-8-22(16-30(24)44)26-17-27-32(18-29(26)43(45,46)47)50-19-28(37(27)48-2)39(60)52-23-9-10-23;1-27-19-14-7-13(10-2-5-12(21(31)32)17(23)6-10)16(22(24,25)26)8-18(14)28-9-15(19)20(30)29-11-3-4-11;1-12(15-11-27(26-25-15)10-3-2-9-22)23-14-6-4-5-13-18(14)21(32)28(20(13)31)16-7-8-17(29)24-19(16)30;1-2/h5-8,11,16-21,23,34,51H,3-4,9-10,12-15H2,1-2H3,(H,48,50)(H,49,59)(H,52,60)(H,53,58,61);2,5-9,11H,3-4H2,1H3,(H,27,28)(H,29,30)(H,31,32);4-6,11-12,16,23H,2-3,7-10,22H2,1H3,(H,24,29,30);1H3/i;;;1D. The molecule has 0 radical (unpaired) electrons. The van der Waals surface area contributed by atoms with Crippen LogP contribution in [0.25, 0.3) is 44.1 Å². The van der Waals surface area contributed by atoms with E-state index >= 15 is 4.39 Å². The monoisotopic (exact) mass is 1790 g/mol. The topological polar surface area (TPSA) is 453 Å². The molecule has 4 unspecified atom stereocenters. The van der Waals surface area contributed by atoms with E-state index in [1.54, 1.807) is 52.8 Å². The smallest absolute Gasteiger partial charge is 0.417 e. The maximum Gasteiger partial charge on any atom is 0.417 e. The number of rotatable bonds is 27. The van der Waals surface area contributed by atoms with E-state index in [1.807, 2.05) is 13.1 Å². The molecular weight excluding hydrogens is 1700 g/mol. The van der Waals surface area contributed by atoms with Crippen LogP contribution in [0.2, 0.25) is 0 Å². The van der Waals surface area contributed by atoms with E-state index in [1.165, 1.54) is 50.8 Å². The number of unbranched alkanes of at least 4 members (excludes halogenated alkanes) is 2. The number of pyridine rings is 2. The Bertz CT molecular complexity index is 6180. The Balaban J connectivity index is 0.000000180. The third-order valence-electron chi connectivity index (χ3n) is 22.1. The van der Waals surface area contributed by atoms with E-state index < -0.39 is 137 Å². The molecular formula is C87H85F9N20O13. The second kappa shape index (κ2) is 38.7. The van der Waals surface area contributed by atoms with E-state index in [0.29, 0.717) is 55.2 Å². The van der Waals surface area contributed by atoms with Crippen LogP contribution in [0.1, 0.15) is 210 Å². The first-order valence-corrected chi connectivity index (χ1v) is 40.8. The number of aromatic carboxylic acids is 1. The van der Waals surface area contributed by atoms with Crippen LogP contribution >= 0.6 is 0 Å². The fourth-order valence-corrected chi connectivity index (χ4v) is 15.3. The highest BCUT2D eigenvalue weighted by Gasteiger charge is 2.48. The van der Waals surface area contributed by atoms with Crippen molar-refractivity contribution in [3.63, 3.8) is 0 Å². The number of fused-ring (bicyclic) bond motifs is 4. The summed E-state index contributed by atoms with van der Waals surface area (Å²) in [7, 11) is 2.07. The molecule has 2 saturated heterocycles. The Morgan fingerprint density at radius 3 is 1.34 bits per heavy atom. The van der Waals surface area contributed by atoms with Gasteiger partial charge in [0, 0.05) is 93.2 Å². The Morgan fingerprint density at radius 2 is 0.961 bits per heavy atom. The van der Waals surface area contributed by atoms with Crippen molar-refractivity contribution in [3.8, 4) is 22.3 Å². The van der Waals surface area contributed by atoms with Gasteiger partial charge in [0.1, 0.15) is 35.1 Å². The van der Waals surface area contributed by atoms with Gasteiger partial charge in [0.05, 0.1) is 111 Å². The van der Waals surface area contributed by atoms with E-state index in [9.17, 15) is 92.7 Å². The SMILES string of the molecule is CC(Nc1cccc2c1C(=O)N(C1CCC(=O)NC1=O)C2=O)c1cn(CCCCN)nn1.CNc1c(C(=O)NC2CC2)cnc2cc(C(F)(F)F)c(-c3ccc(C(=O)NCCCCn4cc(C(C)Nc5cccc6c5C(=O)N(C5CCC(=O)NC5=O)C6=O)nn4)c(F)c3)cc12.CNc1c(C(=O)NC2CC2)cnc2cc(C(F)(F)F)c(-c3ccc(C(=O)O)c(F)c3)cc12.[2H]CF. The Kier molecular flexibility index (Phi) is 27.2. The van der Waals surface area contributed by atoms with Gasteiger partial charge in [-0.1, -0.05) is 34.7 Å². The summed E-state index contributed by atoms with van der Waals surface area (Å²) < 4.78 is 133. The van der Waals surface area contributed by atoms with E-state index in [2.05, 4.69) is 78.4 Å². The lowest BCUT2D eigenvalue weighted by Crippen LogP contribution is -2.54. The second-order valence-corrected chi connectivity index (χ2v) is 31.0. The lowest BCUT2D eigenvalue weighted by molar-refractivity contribution is -0.137. The molecule has 4 fully saturated rings. The van der Waals surface area contributed by atoms with Crippen molar-refractivity contribution < 1.29 is 104 Å². The lowest BCUT2D eigenvalue weighted by Gasteiger charge is -2.27. The van der Waals surface area contributed by atoms with Crippen LogP contribution in [0.5, 0.6) is 0 Å². The second-order valence-electron chi connectivity index (χ2n) is 31.0. The number of imide groups is 4. The number of piperidine rings is 2. The summed E-state index contributed by atoms with van der Waals surface area (Å²) in [5.41, 5.74) is 4.97.